The summed E-state index contributed by atoms with van der Waals surface area (Å²) in [7, 11) is 0. The van der Waals surface area contributed by atoms with Crippen LogP contribution in [0.4, 0.5) is 5.69 Å². The molecule has 1 aromatic carbocycles. The highest BCUT2D eigenvalue weighted by Gasteiger charge is 2.12. The third-order valence-corrected chi connectivity index (χ3v) is 3.25. The number of rotatable bonds is 5. The molecule has 1 unspecified atom stereocenters. The summed E-state index contributed by atoms with van der Waals surface area (Å²) in [4.78, 5) is 0. The lowest BCUT2D eigenvalue weighted by atomic mass is 10.1. The normalized spacial score (nSPS) is 15.9. The van der Waals surface area contributed by atoms with Gasteiger partial charge < -0.3 is 14.8 Å². The fourth-order valence-electron chi connectivity index (χ4n) is 2.22. The van der Waals surface area contributed by atoms with Crippen molar-refractivity contribution >= 4 is 5.69 Å². The minimum Gasteiger partial charge on any atom is -0.490 e. The summed E-state index contributed by atoms with van der Waals surface area (Å²) in [6, 6.07) is 6.67. The molecule has 0 fully saturated rings. The first kappa shape index (κ1) is 13.1. The van der Waals surface area contributed by atoms with Gasteiger partial charge in [0.2, 0.25) is 0 Å². The molecular formula is C15H23NO2. The van der Waals surface area contributed by atoms with E-state index in [-0.39, 0.29) is 0 Å². The van der Waals surface area contributed by atoms with Crippen LogP contribution in [0.15, 0.2) is 18.2 Å². The Morgan fingerprint density at radius 3 is 2.67 bits per heavy atom. The van der Waals surface area contributed by atoms with Crippen molar-refractivity contribution in [2.75, 3.05) is 18.5 Å². The molecule has 0 saturated heterocycles. The van der Waals surface area contributed by atoms with Gasteiger partial charge in [0.1, 0.15) is 0 Å². The van der Waals surface area contributed by atoms with Gasteiger partial charge >= 0.3 is 0 Å². The number of anilines is 1. The second-order valence-corrected chi connectivity index (χ2v) is 4.75. The predicted octanol–water partition coefficient (Wildman–Crippen LogP) is 3.84. The van der Waals surface area contributed by atoms with Gasteiger partial charge in [0, 0.05) is 24.2 Å². The average molecular weight is 249 g/mol. The van der Waals surface area contributed by atoms with Crippen LogP contribution in [0.25, 0.3) is 0 Å². The molecule has 1 N–H and O–H groups in total. The summed E-state index contributed by atoms with van der Waals surface area (Å²) in [5.41, 5.74) is 1.12. The number of fused-ring (bicyclic) bond motifs is 1. The van der Waals surface area contributed by atoms with Crippen LogP contribution in [0.5, 0.6) is 11.5 Å². The SMILES string of the molecule is CCCC(CC)Nc1ccc2c(c1)OCCCO2. The molecule has 0 bridgehead atoms. The van der Waals surface area contributed by atoms with Crippen LogP contribution in [-0.4, -0.2) is 19.3 Å². The molecule has 3 nitrogen and oxygen atoms in total. The van der Waals surface area contributed by atoms with Crippen LogP contribution in [0.3, 0.4) is 0 Å². The molecule has 0 aromatic heterocycles. The van der Waals surface area contributed by atoms with E-state index in [4.69, 9.17) is 9.47 Å². The molecule has 1 atom stereocenters. The summed E-state index contributed by atoms with van der Waals surface area (Å²) >= 11 is 0. The van der Waals surface area contributed by atoms with Crippen molar-refractivity contribution in [3.8, 4) is 11.5 Å². The Morgan fingerprint density at radius 1 is 1.17 bits per heavy atom. The standard InChI is InChI=1S/C15H23NO2/c1-3-6-12(4-2)16-13-7-8-14-15(11-13)18-10-5-9-17-14/h7-8,11-12,16H,3-6,9-10H2,1-2H3. The fraction of sp³-hybridized carbons (Fsp3) is 0.600. The van der Waals surface area contributed by atoms with Crippen molar-refractivity contribution < 1.29 is 9.47 Å². The minimum absolute atomic E-state index is 0.541. The molecule has 1 aliphatic heterocycles. The Labute approximate surface area is 109 Å². The fourth-order valence-corrected chi connectivity index (χ4v) is 2.22. The van der Waals surface area contributed by atoms with Crippen molar-refractivity contribution in [3.63, 3.8) is 0 Å². The third-order valence-electron chi connectivity index (χ3n) is 3.25. The molecule has 1 aromatic rings. The van der Waals surface area contributed by atoms with Gasteiger partial charge in [-0.15, -0.1) is 0 Å². The van der Waals surface area contributed by atoms with Crippen LogP contribution in [-0.2, 0) is 0 Å². The van der Waals surface area contributed by atoms with Crippen LogP contribution < -0.4 is 14.8 Å². The molecular weight excluding hydrogens is 226 g/mol. The van der Waals surface area contributed by atoms with Crippen molar-refractivity contribution in [1.29, 1.82) is 0 Å². The number of hydrogen-bond acceptors (Lipinski definition) is 3. The number of nitrogens with one attached hydrogen (secondary N) is 1. The van der Waals surface area contributed by atoms with E-state index in [2.05, 4.69) is 31.3 Å². The van der Waals surface area contributed by atoms with Gasteiger partial charge in [0.25, 0.3) is 0 Å². The molecule has 1 heterocycles. The third kappa shape index (κ3) is 3.31. The van der Waals surface area contributed by atoms with Gasteiger partial charge in [0.15, 0.2) is 11.5 Å². The van der Waals surface area contributed by atoms with Crippen molar-refractivity contribution in [2.24, 2.45) is 0 Å². The zero-order valence-corrected chi connectivity index (χ0v) is 11.4. The quantitative estimate of drug-likeness (QED) is 0.860. The maximum atomic E-state index is 5.70. The monoisotopic (exact) mass is 249 g/mol. The van der Waals surface area contributed by atoms with Gasteiger partial charge in [-0.3, -0.25) is 0 Å². The molecule has 0 radical (unpaired) electrons. The van der Waals surface area contributed by atoms with Crippen LogP contribution in [0.2, 0.25) is 0 Å². The Balaban J connectivity index is 2.07. The summed E-state index contributed by atoms with van der Waals surface area (Å²) in [6.45, 7) is 5.92. The summed E-state index contributed by atoms with van der Waals surface area (Å²) in [5, 5.41) is 3.56. The van der Waals surface area contributed by atoms with Crippen LogP contribution in [0.1, 0.15) is 39.5 Å². The topological polar surface area (TPSA) is 30.5 Å². The Morgan fingerprint density at radius 2 is 1.94 bits per heavy atom. The zero-order valence-electron chi connectivity index (χ0n) is 11.4. The lowest BCUT2D eigenvalue weighted by molar-refractivity contribution is 0.297. The lowest BCUT2D eigenvalue weighted by Gasteiger charge is -2.18. The van der Waals surface area contributed by atoms with E-state index >= 15 is 0 Å². The summed E-state index contributed by atoms with van der Waals surface area (Å²) in [6.07, 6.45) is 4.49. The highest BCUT2D eigenvalue weighted by atomic mass is 16.5. The zero-order chi connectivity index (χ0) is 12.8. The second-order valence-electron chi connectivity index (χ2n) is 4.75. The van der Waals surface area contributed by atoms with E-state index in [1.807, 2.05) is 6.07 Å². The molecule has 1 aliphatic rings. The van der Waals surface area contributed by atoms with Gasteiger partial charge in [-0.1, -0.05) is 20.3 Å². The molecule has 0 amide bonds. The maximum absolute atomic E-state index is 5.70. The number of hydrogen-bond donors (Lipinski definition) is 1. The first-order valence-corrected chi connectivity index (χ1v) is 6.99. The second kappa shape index (κ2) is 6.53. The molecule has 0 spiro atoms. The van der Waals surface area contributed by atoms with E-state index in [0.717, 1.165) is 43.2 Å². The van der Waals surface area contributed by atoms with Gasteiger partial charge in [-0.25, -0.2) is 0 Å². The predicted molar refractivity (Wildman–Crippen MR) is 74.7 cm³/mol. The molecule has 3 heteroatoms. The summed E-state index contributed by atoms with van der Waals surface area (Å²) in [5.74, 6) is 1.73. The van der Waals surface area contributed by atoms with Crippen molar-refractivity contribution in [1.82, 2.24) is 0 Å². The number of ether oxygens (including phenoxy) is 2. The van der Waals surface area contributed by atoms with E-state index < -0.39 is 0 Å². The Hall–Kier alpha value is -1.38. The smallest absolute Gasteiger partial charge is 0.163 e. The first-order valence-electron chi connectivity index (χ1n) is 6.99. The molecule has 0 saturated carbocycles. The lowest BCUT2D eigenvalue weighted by Crippen LogP contribution is -2.17. The molecule has 18 heavy (non-hydrogen) atoms. The van der Waals surface area contributed by atoms with Gasteiger partial charge in [-0.05, 0) is 25.0 Å². The number of benzene rings is 1. The van der Waals surface area contributed by atoms with Crippen LogP contribution in [0, 0.1) is 0 Å². The van der Waals surface area contributed by atoms with E-state index in [1.165, 1.54) is 12.8 Å². The molecule has 2 rings (SSSR count). The van der Waals surface area contributed by atoms with E-state index in [1.54, 1.807) is 0 Å². The van der Waals surface area contributed by atoms with Gasteiger partial charge in [0.05, 0.1) is 13.2 Å². The molecule has 100 valence electrons. The summed E-state index contributed by atoms with van der Waals surface area (Å²) < 4.78 is 11.3. The average Bonchev–Trinajstić information content (AvgIpc) is 2.63. The largest absolute Gasteiger partial charge is 0.490 e. The maximum Gasteiger partial charge on any atom is 0.163 e. The minimum atomic E-state index is 0.541. The first-order chi connectivity index (χ1) is 8.83. The highest BCUT2D eigenvalue weighted by molar-refractivity contribution is 5.55. The van der Waals surface area contributed by atoms with E-state index in [0.29, 0.717) is 6.04 Å². The van der Waals surface area contributed by atoms with Gasteiger partial charge in [-0.2, -0.15) is 0 Å². The Bertz CT molecular complexity index is 379. The Kier molecular flexibility index (Phi) is 4.73. The van der Waals surface area contributed by atoms with Crippen molar-refractivity contribution in [2.45, 2.75) is 45.6 Å². The van der Waals surface area contributed by atoms with E-state index in [9.17, 15) is 0 Å². The van der Waals surface area contributed by atoms with Crippen molar-refractivity contribution in [3.05, 3.63) is 18.2 Å². The highest BCUT2D eigenvalue weighted by Crippen LogP contribution is 2.32. The molecule has 0 aliphatic carbocycles. The van der Waals surface area contributed by atoms with Crippen LogP contribution >= 0.6 is 0 Å².